The van der Waals surface area contributed by atoms with E-state index >= 15 is 0 Å². The van der Waals surface area contributed by atoms with Gasteiger partial charge < -0.3 is 5.32 Å². The molecule has 92 valence electrons. The summed E-state index contributed by atoms with van der Waals surface area (Å²) >= 11 is 2.00. The summed E-state index contributed by atoms with van der Waals surface area (Å²) in [7, 11) is 0. The molecule has 3 aliphatic carbocycles. The predicted octanol–water partition coefficient (Wildman–Crippen LogP) is 3.40. The van der Waals surface area contributed by atoms with Gasteiger partial charge in [-0.25, -0.2) is 4.98 Å². The number of nitrogens with one attached hydrogen (secondary N) is 1. The predicted molar refractivity (Wildman–Crippen MR) is 70.5 cm³/mol. The van der Waals surface area contributed by atoms with Crippen molar-refractivity contribution in [2.75, 3.05) is 0 Å². The second kappa shape index (κ2) is 3.79. The SMILES string of the molecule is CC1CC1c1nc(C2CC2)c(CNC2CC2)s1. The molecule has 3 saturated carbocycles. The summed E-state index contributed by atoms with van der Waals surface area (Å²) in [5, 5.41) is 5.09. The topological polar surface area (TPSA) is 24.9 Å². The lowest BCUT2D eigenvalue weighted by Gasteiger charge is -2.01. The molecule has 2 unspecified atom stereocenters. The van der Waals surface area contributed by atoms with Crippen LogP contribution >= 0.6 is 11.3 Å². The molecule has 1 aromatic rings. The van der Waals surface area contributed by atoms with E-state index in [0.717, 1.165) is 30.3 Å². The van der Waals surface area contributed by atoms with Crippen LogP contribution in [0.5, 0.6) is 0 Å². The van der Waals surface area contributed by atoms with Crippen molar-refractivity contribution in [1.82, 2.24) is 10.3 Å². The summed E-state index contributed by atoms with van der Waals surface area (Å²) in [5.41, 5.74) is 1.46. The first kappa shape index (κ1) is 10.5. The van der Waals surface area contributed by atoms with Gasteiger partial charge in [0.2, 0.25) is 0 Å². The number of aromatic nitrogens is 1. The third-order valence-electron chi connectivity index (χ3n) is 4.26. The minimum absolute atomic E-state index is 0.798. The summed E-state index contributed by atoms with van der Waals surface area (Å²) in [4.78, 5) is 6.51. The molecule has 0 bridgehead atoms. The second-order valence-electron chi connectivity index (χ2n) is 6.11. The van der Waals surface area contributed by atoms with Crippen molar-refractivity contribution < 1.29 is 0 Å². The molecule has 3 fully saturated rings. The van der Waals surface area contributed by atoms with Crippen molar-refractivity contribution in [2.24, 2.45) is 5.92 Å². The average Bonchev–Trinajstić information content (AvgIpc) is 3.15. The summed E-state index contributed by atoms with van der Waals surface area (Å²) < 4.78 is 0. The van der Waals surface area contributed by atoms with Crippen LogP contribution in [0.2, 0.25) is 0 Å². The first-order chi connectivity index (χ1) is 8.31. The highest BCUT2D eigenvalue weighted by atomic mass is 32.1. The molecule has 0 aromatic carbocycles. The molecule has 0 aliphatic heterocycles. The maximum atomic E-state index is 4.96. The molecule has 2 atom stereocenters. The number of hydrogen-bond donors (Lipinski definition) is 1. The molecule has 2 nitrogen and oxygen atoms in total. The fourth-order valence-corrected chi connectivity index (χ4v) is 3.88. The zero-order valence-corrected chi connectivity index (χ0v) is 11.2. The second-order valence-corrected chi connectivity index (χ2v) is 7.22. The number of hydrogen-bond acceptors (Lipinski definition) is 3. The van der Waals surface area contributed by atoms with Gasteiger partial charge >= 0.3 is 0 Å². The summed E-state index contributed by atoms with van der Waals surface area (Å²) in [6.45, 7) is 3.43. The van der Waals surface area contributed by atoms with Crippen LogP contribution in [-0.2, 0) is 6.54 Å². The van der Waals surface area contributed by atoms with E-state index in [1.807, 2.05) is 11.3 Å². The van der Waals surface area contributed by atoms with Gasteiger partial charge in [-0.05, 0) is 38.0 Å². The Bertz CT molecular complexity index is 431. The van der Waals surface area contributed by atoms with Crippen molar-refractivity contribution in [3.8, 4) is 0 Å². The minimum atomic E-state index is 0.798. The monoisotopic (exact) mass is 248 g/mol. The summed E-state index contributed by atoms with van der Waals surface area (Å²) in [6, 6.07) is 0.812. The lowest BCUT2D eigenvalue weighted by Crippen LogP contribution is -2.15. The Hall–Kier alpha value is -0.410. The van der Waals surface area contributed by atoms with E-state index in [1.165, 1.54) is 42.8 Å². The Morgan fingerprint density at radius 3 is 2.65 bits per heavy atom. The van der Waals surface area contributed by atoms with Crippen LogP contribution in [0.4, 0.5) is 0 Å². The zero-order chi connectivity index (χ0) is 11.4. The first-order valence-corrected chi connectivity index (χ1v) is 7.86. The lowest BCUT2D eigenvalue weighted by molar-refractivity contribution is 0.688. The Morgan fingerprint density at radius 1 is 1.29 bits per heavy atom. The van der Waals surface area contributed by atoms with Crippen LogP contribution in [0.15, 0.2) is 0 Å². The average molecular weight is 248 g/mol. The van der Waals surface area contributed by atoms with E-state index < -0.39 is 0 Å². The number of nitrogens with zero attached hydrogens (tertiary/aromatic N) is 1. The lowest BCUT2D eigenvalue weighted by atomic mass is 10.2. The zero-order valence-electron chi connectivity index (χ0n) is 10.4. The molecule has 0 saturated heterocycles. The molecule has 0 radical (unpaired) electrons. The number of rotatable bonds is 5. The molecule has 17 heavy (non-hydrogen) atoms. The van der Waals surface area contributed by atoms with Gasteiger partial charge in [0, 0.05) is 29.3 Å². The highest BCUT2D eigenvalue weighted by molar-refractivity contribution is 7.11. The Kier molecular flexibility index (Phi) is 2.34. The minimum Gasteiger partial charge on any atom is -0.309 e. The van der Waals surface area contributed by atoms with Crippen LogP contribution in [0.1, 0.15) is 66.4 Å². The highest BCUT2D eigenvalue weighted by Crippen LogP contribution is 2.51. The van der Waals surface area contributed by atoms with E-state index in [0.29, 0.717) is 0 Å². The Labute approximate surface area is 107 Å². The van der Waals surface area contributed by atoms with Crippen LogP contribution in [0.3, 0.4) is 0 Å². The molecule has 1 N–H and O–H groups in total. The molecular formula is C14H20N2S. The van der Waals surface area contributed by atoms with E-state index in [4.69, 9.17) is 4.98 Å². The van der Waals surface area contributed by atoms with Crippen molar-refractivity contribution in [3.05, 3.63) is 15.6 Å². The largest absolute Gasteiger partial charge is 0.309 e. The Morgan fingerprint density at radius 2 is 2.06 bits per heavy atom. The fourth-order valence-electron chi connectivity index (χ4n) is 2.53. The van der Waals surface area contributed by atoms with Gasteiger partial charge in [0.25, 0.3) is 0 Å². The van der Waals surface area contributed by atoms with E-state index in [9.17, 15) is 0 Å². The Balaban J connectivity index is 1.54. The van der Waals surface area contributed by atoms with E-state index in [1.54, 1.807) is 4.88 Å². The molecule has 0 amide bonds. The van der Waals surface area contributed by atoms with Gasteiger partial charge in [-0.2, -0.15) is 0 Å². The third kappa shape index (κ3) is 2.15. The molecule has 0 spiro atoms. The van der Waals surface area contributed by atoms with Gasteiger partial charge in [-0.15, -0.1) is 11.3 Å². The molecule has 3 aliphatic rings. The fraction of sp³-hybridized carbons (Fsp3) is 0.786. The summed E-state index contributed by atoms with van der Waals surface area (Å²) in [6.07, 6.45) is 6.88. The molecule has 1 aromatic heterocycles. The van der Waals surface area contributed by atoms with Crippen molar-refractivity contribution in [2.45, 2.75) is 63.5 Å². The van der Waals surface area contributed by atoms with Crippen LogP contribution in [0.25, 0.3) is 0 Å². The van der Waals surface area contributed by atoms with Crippen LogP contribution in [-0.4, -0.2) is 11.0 Å². The number of thiazole rings is 1. The molecular weight excluding hydrogens is 228 g/mol. The van der Waals surface area contributed by atoms with E-state index in [2.05, 4.69) is 12.2 Å². The summed E-state index contributed by atoms with van der Waals surface area (Å²) in [5.74, 6) is 2.50. The van der Waals surface area contributed by atoms with Gasteiger partial charge in [-0.1, -0.05) is 6.92 Å². The van der Waals surface area contributed by atoms with Gasteiger partial charge in [0.05, 0.1) is 10.7 Å². The first-order valence-electron chi connectivity index (χ1n) is 7.04. The van der Waals surface area contributed by atoms with Gasteiger partial charge in [-0.3, -0.25) is 0 Å². The molecule has 1 heterocycles. The highest BCUT2D eigenvalue weighted by Gasteiger charge is 2.39. The van der Waals surface area contributed by atoms with E-state index in [-0.39, 0.29) is 0 Å². The normalized spacial score (nSPS) is 31.8. The van der Waals surface area contributed by atoms with Gasteiger partial charge in [0.1, 0.15) is 0 Å². The van der Waals surface area contributed by atoms with Crippen molar-refractivity contribution in [1.29, 1.82) is 0 Å². The smallest absolute Gasteiger partial charge is 0.0965 e. The van der Waals surface area contributed by atoms with Crippen LogP contribution in [0, 0.1) is 5.92 Å². The van der Waals surface area contributed by atoms with Gasteiger partial charge in [0.15, 0.2) is 0 Å². The molecule has 3 heteroatoms. The third-order valence-corrected chi connectivity index (χ3v) is 5.47. The quantitative estimate of drug-likeness (QED) is 0.864. The molecule has 4 rings (SSSR count). The standard InChI is InChI=1S/C14H20N2S/c1-8-6-11(8)14-16-13(9-2-3-9)12(17-14)7-15-10-4-5-10/h8-11,15H,2-7H2,1H3. The van der Waals surface area contributed by atoms with Crippen molar-refractivity contribution >= 4 is 11.3 Å². The maximum Gasteiger partial charge on any atom is 0.0965 e. The van der Waals surface area contributed by atoms with Crippen molar-refractivity contribution in [3.63, 3.8) is 0 Å². The van der Waals surface area contributed by atoms with Crippen LogP contribution < -0.4 is 5.32 Å². The maximum absolute atomic E-state index is 4.96.